The van der Waals surface area contributed by atoms with Crippen LogP contribution in [0.1, 0.15) is 32.1 Å². The zero-order chi connectivity index (χ0) is 13.2. The minimum Gasteiger partial charge on any atom is -0.506 e. The summed E-state index contributed by atoms with van der Waals surface area (Å²) in [5.41, 5.74) is -0.618. The topological polar surface area (TPSA) is 69.6 Å². The molecule has 1 saturated carbocycles. The molecule has 0 saturated heterocycles. The first-order chi connectivity index (χ1) is 8.48. The van der Waals surface area contributed by atoms with E-state index >= 15 is 0 Å². The Balaban J connectivity index is 2.00. The zero-order valence-corrected chi connectivity index (χ0v) is 10.7. The summed E-state index contributed by atoms with van der Waals surface area (Å²) in [5, 5.41) is 22.7. The van der Waals surface area contributed by atoms with Crippen molar-refractivity contribution < 1.29 is 15.0 Å². The third-order valence-electron chi connectivity index (χ3n) is 3.26. The number of anilines is 1. The lowest BCUT2D eigenvalue weighted by atomic mass is 9.97. The third-order valence-corrected chi connectivity index (χ3v) is 3.49. The maximum absolute atomic E-state index is 11.8. The Morgan fingerprint density at radius 1 is 1.39 bits per heavy atom. The average molecular weight is 270 g/mol. The Morgan fingerprint density at radius 3 is 2.72 bits per heavy atom. The summed E-state index contributed by atoms with van der Waals surface area (Å²) in [6, 6.07) is 4.44. The molecule has 0 unspecified atom stereocenters. The number of hydrogen-bond acceptors (Lipinski definition) is 3. The number of carbonyl (C=O) groups excluding carboxylic acids is 1. The van der Waals surface area contributed by atoms with Gasteiger partial charge in [-0.2, -0.15) is 0 Å². The van der Waals surface area contributed by atoms with Crippen molar-refractivity contribution in [1.82, 2.24) is 0 Å². The van der Waals surface area contributed by atoms with Gasteiger partial charge in [-0.15, -0.1) is 0 Å². The molecule has 1 aliphatic carbocycles. The quantitative estimate of drug-likeness (QED) is 0.739. The first kappa shape index (κ1) is 13.2. The summed E-state index contributed by atoms with van der Waals surface area (Å²) >= 11 is 5.79. The normalized spacial score (nSPS) is 17.7. The molecular weight excluding hydrogens is 254 g/mol. The Labute approximate surface area is 111 Å². The largest absolute Gasteiger partial charge is 0.506 e. The molecule has 0 aliphatic heterocycles. The predicted molar refractivity (Wildman–Crippen MR) is 69.8 cm³/mol. The number of rotatable bonds is 3. The molecule has 1 aliphatic rings. The lowest BCUT2D eigenvalue weighted by molar-refractivity contribution is -0.120. The lowest BCUT2D eigenvalue weighted by Gasteiger charge is -2.21. The van der Waals surface area contributed by atoms with E-state index in [1.54, 1.807) is 0 Å². The van der Waals surface area contributed by atoms with Gasteiger partial charge in [0, 0.05) is 5.02 Å². The first-order valence-corrected chi connectivity index (χ1v) is 6.37. The van der Waals surface area contributed by atoms with Crippen molar-refractivity contribution in [3.05, 3.63) is 23.2 Å². The second-order valence-electron chi connectivity index (χ2n) is 4.82. The van der Waals surface area contributed by atoms with Crippen LogP contribution in [0.25, 0.3) is 0 Å². The van der Waals surface area contributed by atoms with Crippen LogP contribution in [-0.4, -0.2) is 21.7 Å². The van der Waals surface area contributed by atoms with E-state index in [0.717, 1.165) is 12.8 Å². The minimum atomic E-state index is -0.891. The van der Waals surface area contributed by atoms with E-state index in [1.165, 1.54) is 18.2 Å². The molecular formula is C13H16ClNO3. The zero-order valence-electron chi connectivity index (χ0n) is 9.95. The number of hydrogen-bond donors (Lipinski definition) is 3. The summed E-state index contributed by atoms with van der Waals surface area (Å²) in [5.74, 6) is -0.344. The van der Waals surface area contributed by atoms with Crippen LogP contribution in [0, 0.1) is 0 Å². The number of aliphatic hydroxyl groups is 1. The number of amides is 1. The number of benzene rings is 1. The minimum absolute atomic E-state index is 0.0360. The van der Waals surface area contributed by atoms with Gasteiger partial charge in [-0.25, -0.2) is 0 Å². The number of halogens is 1. The monoisotopic (exact) mass is 269 g/mol. The molecule has 0 heterocycles. The van der Waals surface area contributed by atoms with Crippen LogP contribution in [0.5, 0.6) is 5.75 Å². The van der Waals surface area contributed by atoms with Crippen molar-refractivity contribution >= 4 is 23.2 Å². The second kappa shape index (κ2) is 5.16. The fraction of sp³-hybridized carbons (Fsp3) is 0.462. The van der Waals surface area contributed by atoms with E-state index < -0.39 is 5.60 Å². The van der Waals surface area contributed by atoms with Gasteiger partial charge in [-0.05, 0) is 31.0 Å². The van der Waals surface area contributed by atoms with Crippen molar-refractivity contribution in [2.24, 2.45) is 0 Å². The SMILES string of the molecule is O=C(CC1(O)CCCC1)Nc1cc(Cl)ccc1O. The molecule has 5 heteroatoms. The molecule has 3 N–H and O–H groups in total. The van der Waals surface area contributed by atoms with Gasteiger partial charge in [0.25, 0.3) is 0 Å². The Morgan fingerprint density at radius 2 is 2.06 bits per heavy atom. The smallest absolute Gasteiger partial charge is 0.227 e. The van der Waals surface area contributed by atoms with Crippen molar-refractivity contribution in [3.8, 4) is 5.75 Å². The van der Waals surface area contributed by atoms with Gasteiger partial charge >= 0.3 is 0 Å². The van der Waals surface area contributed by atoms with Gasteiger partial charge in [0.2, 0.25) is 5.91 Å². The van der Waals surface area contributed by atoms with Gasteiger partial charge in [0.05, 0.1) is 17.7 Å². The van der Waals surface area contributed by atoms with Gasteiger partial charge in [-0.1, -0.05) is 24.4 Å². The lowest BCUT2D eigenvalue weighted by Crippen LogP contribution is -2.30. The highest BCUT2D eigenvalue weighted by Crippen LogP contribution is 2.33. The van der Waals surface area contributed by atoms with Crippen molar-refractivity contribution in [2.75, 3.05) is 5.32 Å². The molecule has 0 spiro atoms. The third kappa shape index (κ3) is 3.15. The summed E-state index contributed by atoms with van der Waals surface area (Å²) in [4.78, 5) is 11.8. The summed E-state index contributed by atoms with van der Waals surface area (Å²) in [6.45, 7) is 0. The summed E-state index contributed by atoms with van der Waals surface area (Å²) in [7, 11) is 0. The van der Waals surface area contributed by atoms with E-state index in [2.05, 4.69) is 5.32 Å². The fourth-order valence-corrected chi connectivity index (χ4v) is 2.48. The molecule has 1 aromatic carbocycles. The first-order valence-electron chi connectivity index (χ1n) is 5.99. The number of phenolic OH excluding ortho intramolecular Hbond substituents is 1. The van der Waals surface area contributed by atoms with Crippen molar-refractivity contribution in [3.63, 3.8) is 0 Å². The molecule has 0 bridgehead atoms. The molecule has 18 heavy (non-hydrogen) atoms. The molecule has 4 nitrogen and oxygen atoms in total. The molecule has 0 radical (unpaired) electrons. The molecule has 2 rings (SSSR count). The molecule has 0 aromatic heterocycles. The highest BCUT2D eigenvalue weighted by Gasteiger charge is 2.33. The highest BCUT2D eigenvalue weighted by molar-refractivity contribution is 6.31. The molecule has 1 amide bonds. The maximum atomic E-state index is 11.8. The average Bonchev–Trinajstić information content (AvgIpc) is 2.70. The van der Waals surface area contributed by atoms with E-state index in [0.29, 0.717) is 17.9 Å². The Bertz CT molecular complexity index is 456. The number of phenols is 1. The second-order valence-corrected chi connectivity index (χ2v) is 5.25. The van der Waals surface area contributed by atoms with Crippen LogP contribution in [0.3, 0.4) is 0 Å². The Hall–Kier alpha value is -1.26. The van der Waals surface area contributed by atoms with Gasteiger partial charge < -0.3 is 15.5 Å². The van der Waals surface area contributed by atoms with E-state index in [1.807, 2.05) is 0 Å². The van der Waals surface area contributed by atoms with Gasteiger partial charge in [0.15, 0.2) is 0 Å². The predicted octanol–water partition coefficient (Wildman–Crippen LogP) is 2.68. The van der Waals surface area contributed by atoms with E-state index in [4.69, 9.17) is 11.6 Å². The van der Waals surface area contributed by atoms with Gasteiger partial charge in [-0.3, -0.25) is 4.79 Å². The Kier molecular flexibility index (Phi) is 3.78. The van der Waals surface area contributed by atoms with Gasteiger partial charge in [0.1, 0.15) is 5.75 Å². The molecule has 1 aromatic rings. The van der Waals surface area contributed by atoms with Crippen LogP contribution < -0.4 is 5.32 Å². The number of carbonyl (C=O) groups is 1. The maximum Gasteiger partial charge on any atom is 0.227 e. The van der Waals surface area contributed by atoms with Crippen molar-refractivity contribution in [1.29, 1.82) is 0 Å². The molecule has 1 fully saturated rings. The van der Waals surface area contributed by atoms with Crippen LogP contribution in [0.2, 0.25) is 5.02 Å². The molecule has 98 valence electrons. The van der Waals surface area contributed by atoms with Crippen molar-refractivity contribution in [2.45, 2.75) is 37.7 Å². The van der Waals surface area contributed by atoms with Crippen LogP contribution in [0.4, 0.5) is 5.69 Å². The molecule has 0 atom stereocenters. The van der Waals surface area contributed by atoms with Crippen LogP contribution in [0.15, 0.2) is 18.2 Å². The number of nitrogens with one attached hydrogen (secondary N) is 1. The van der Waals surface area contributed by atoms with Crippen LogP contribution >= 0.6 is 11.6 Å². The van der Waals surface area contributed by atoms with E-state index in [-0.39, 0.29) is 23.8 Å². The van der Waals surface area contributed by atoms with Crippen LogP contribution in [-0.2, 0) is 4.79 Å². The highest BCUT2D eigenvalue weighted by atomic mass is 35.5. The summed E-state index contributed by atoms with van der Waals surface area (Å²) < 4.78 is 0. The number of aromatic hydroxyl groups is 1. The standard InChI is InChI=1S/C13H16ClNO3/c14-9-3-4-11(16)10(7-9)15-12(17)8-13(18)5-1-2-6-13/h3-4,7,16,18H,1-2,5-6,8H2,(H,15,17). The van der Waals surface area contributed by atoms with E-state index in [9.17, 15) is 15.0 Å². The fourth-order valence-electron chi connectivity index (χ4n) is 2.31. The summed E-state index contributed by atoms with van der Waals surface area (Å²) in [6.07, 6.45) is 3.27.